The Kier molecular flexibility index (Phi) is 7.47. The minimum Gasteiger partial charge on any atom is -0.444 e. The monoisotopic (exact) mass is 468 g/mol. The van der Waals surface area contributed by atoms with Crippen LogP contribution in [0.15, 0.2) is 33.8 Å². The number of nitrogens with one attached hydrogen (secondary N) is 1. The Labute approximate surface area is 198 Å². The molecule has 1 aliphatic heterocycles. The number of imidazole rings is 1. The third-order valence-electron chi connectivity index (χ3n) is 5.59. The molecule has 0 saturated carbocycles. The molecule has 3 heterocycles. The van der Waals surface area contributed by atoms with Crippen molar-refractivity contribution in [2.24, 2.45) is 10.7 Å². The first-order valence-electron chi connectivity index (χ1n) is 11.3. The van der Waals surface area contributed by atoms with Gasteiger partial charge in [-0.2, -0.15) is 5.26 Å². The quantitative estimate of drug-likeness (QED) is 0.574. The number of amides is 1. The van der Waals surface area contributed by atoms with Gasteiger partial charge in [0.1, 0.15) is 23.0 Å². The van der Waals surface area contributed by atoms with Gasteiger partial charge in [-0.25, -0.2) is 4.79 Å². The SMILES string of the molecule is CC(=NC1CCN(C(=O)OC(C)(C)C)CC1)/C(=C(\N)CCO)c1cc(=O)n2c(C#N)c[nH]c2c1. The topological polar surface area (TPSA) is 149 Å². The first kappa shape index (κ1) is 25.1. The first-order chi connectivity index (χ1) is 16.0. The fourth-order valence-electron chi connectivity index (χ4n) is 4.07. The van der Waals surface area contributed by atoms with Crippen molar-refractivity contribution < 1.29 is 14.6 Å². The summed E-state index contributed by atoms with van der Waals surface area (Å²) in [6.45, 7) is 8.28. The van der Waals surface area contributed by atoms with E-state index in [0.29, 0.717) is 54.1 Å². The maximum absolute atomic E-state index is 12.7. The molecule has 3 rings (SSSR count). The zero-order valence-electron chi connectivity index (χ0n) is 20.1. The lowest BCUT2D eigenvalue weighted by molar-refractivity contribution is 0.0207. The van der Waals surface area contributed by atoms with Gasteiger partial charge in [-0.3, -0.25) is 14.2 Å². The standard InChI is InChI=1S/C24H32N6O4/c1-15(28-17-5-8-29(9-6-17)23(33)34-24(2,3)4)22(19(26)7-10-31)16-11-20-27-14-18(13-25)30(20)21(32)12-16/h11-12,14,17,27,31H,5-10,26H2,1-4H3/b22-19+,28-15?. The number of piperidine rings is 1. The Hall–Kier alpha value is -3.58. The van der Waals surface area contributed by atoms with Crippen LogP contribution in [0.5, 0.6) is 0 Å². The number of pyridine rings is 1. The number of nitrogens with zero attached hydrogens (tertiary/aromatic N) is 4. The van der Waals surface area contributed by atoms with Gasteiger partial charge in [0.2, 0.25) is 0 Å². The predicted molar refractivity (Wildman–Crippen MR) is 129 cm³/mol. The molecular weight excluding hydrogens is 436 g/mol. The van der Waals surface area contributed by atoms with E-state index >= 15 is 0 Å². The van der Waals surface area contributed by atoms with E-state index in [4.69, 9.17) is 15.5 Å². The number of nitrogens with two attached hydrogens (primary N) is 1. The molecule has 0 radical (unpaired) electrons. The largest absolute Gasteiger partial charge is 0.444 e. The van der Waals surface area contributed by atoms with E-state index in [0.717, 1.165) is 0 Å². The van der Waals surface area contributed by atoms with Gasteiger partial charge in [-0.1, -0.05) is 0 Å². The molecule has 2 aromatic heterocycles. The molecule has 2 aromatic rings. The van der Waals surface area contributed by atoms with Crippen molar-refractivity contribution in [3.05, 3.63) is 45.6 Å². The number of hydrogen-bond acceptors (Lipinski definition) is 7. The summed E-state index contributed by atoms with van der Waals surface area (Å²) in [6.07, 6.45) is 2.73. The maximum Gasteiger partial charge on any atom is 0.410 e. The molecule has 1 aliphatic rings. The van der Waals surface area contributed by atoms with Crippen LogP contribution in [0.3, 0.4) is 0 Å². The molecule has 0 aromatic carbocycles. The number of aromatic amines is 1. The van der Waals surface area contributed by atoms with Gasteiger partial charge in [-0.05, 0) is 52.2 Å². The van der Waals surface area contributed by atoms with E-state index in [2.05, 4.69) is 4.98 Å². The molecule has 182 valence electrons. The number of rotatable bonds is 5. The number of aliphatic hydroxyl groups excluding tert-OH is 1. The Bertz CT molecular complexity index is 1220. The summed E-state index contributed by atoms with van der Waals surface area (Å²) < 4.78 is 6.75. The number of nitriles is 1. The summed E-state index contributed by atoms with van der Waals surface area (Å²) in [5, 5.41) is 18.7. The van der Waals surface area contributed by atoms with E-state index in [1.54, 1.807) is 11.0 Å². The molecular formula is C24H32N6O4. The summed E-state index contributed by atoms with van der Waals surface area (Å²) in [5.41, 5.74) is 8.31. The number of allylic oxidation sites excluding steroid dienone is 1. The zero-order valence-corrected chi connectivity index (χ0v) is 20.1. The van der Waals surface area contributed by atoms with Gasteiger partial charge in [0.05, 0.1) is 6.04 Å². The fraction of sp³-hybridized carbons (Fsp3) is 0.500. The van der Waals surface area contributed by atoms with Crippen LogP contribution in [-0.4, -0.2) is 62.5 Å². The van der Waals surface area contributed by atoms with E-state index in [1.807, 2.05) is 33.8 Å². The summed E-state index contributed by atoms with van der Waals surface area (Å²) in [6, 6.07) is 5.13. The third kappa shape index (κ3) is 5.66. The van der Waals surface area contributed by atoms with E-state index in [1.165, 1.54) is 16.7 Å². The van der Waals surface area contributed by atoms with Crippen molar-refractivity contribution in [2.75, 3.05) is 19.7 Å². The van der Waals surface area contributed by atoms with Crippen LogP contribution in [-0.2, 0) is 4.74 Å². The zero-order chi connectivity index (χ0) is 25.0. The fourth-order valence-corrected chi connectivity index (χ4v) is 4.07. The van der Waals surface area contributed by atoms with E-state index in [-0.39, 0.29) is 36.4 Å². The number of aromatic nitrogens is 2. The highest BCUT2D eigenvalue weighted by atomic mass is 16.6. The number of ether oxygens (including phenoxy) is 1. The van der Waals surface area contributed by atoms with Gasteiger partial charge in [0.25, 0.3) is 5.56 Å². The highest BCUT2D eigenvalue weighted by molar-refractivity contribution is 6.23. The first-order valence-corrected chi connectivity index (χ1v) is 11.3. The molecule has 4 N–H and O–H groups in total. The summed E-state index contributed by atoms with van der Waals surface area (Å²) in [7, 11) is 0. The number of carbonyl (C=O) groups excluding carboxylic acids is 1. The molecule has 10 nitrogen and oxygen atoms in total. The van der Waals surface area contributed by atoms with Crippen LogP contribution in [0.1, 0.15) is 58.2 Å². The van der Waals surface area contributed by atoms with E-state index in [9.17, 15) is 20.0 Å². The Balaban J connectivity index is 1.87. The van der Waals surface area contributed by atoms with Gasteiger partial charge in [0, 0.05) is 55.4 Å². The number of carbonyl (C=O) groups is 1. The molecule has 0 bridgehead atoms. The lowest BCUT2D eigenvalue weighted by Gasteiger charge is -2.32. The molecule has 0 aliphatic carbocycles. The number of aliphatic hydroxyl groups is 1. The molecule has 10 heteroatoms. The lowest BCUT2D eigenvalue weighted by Crippen LogP contribution is -2.42. The number of fused-ring (bicyclic) bond motifs is 1. The second kappa shape index (κ2) is 10.1. The van der Waals surface area contributed by atoms with Crippen LogP contribution in [0.25, 0.3) is 11.2 Å². The smallest absolute Gasteiger partial charge is 0.410 e. The van der Waals surface area contributed by atoms with Gasteiger partial charge < -0.3 is 25.5 Å². The predicted octanol–water partition coefficient (Wildman–Crippen LogP) is 2.41. The van der Waals surface area contributed by atoms with Crippen molar-refractivity contribution >= 4 is 23.0 Å². The minimum absolute atomic E-state index is 0.0175. The normalized spacial score (nSPS) is 16.4. The van der Waals surface area contributed by atoms with Crippen LogP contribution >= 0.6 is 0 Å². The van der Waals surface area contributed by atoms with Crippen LogP contribution < -0.4 is 11.3 Å². The van der Waals surface area contributed by atoms with Crippen molar-refractivity contribution in [3.63, 3.8) is 0 Å². The van der Waals surface area contributed by atoms with Crippen molar-refractivity contribution in [2.45, 2.75) is 58.6 Å². The Morgan fingerprint density at radius 1 is 1.35 bits per heavy atom. The molecule has 0 unspecified atom stereocenters. The summed E-state index contributed by atoms with van der Waals surface area (Å²) >= 11 is 0. The number of H-pyrrole nitrogens is 1. The van der Waals surface area contributed by atoms with Crippen molar-refractivity contribution in [3.8, 4) is 6.07 Å². The molecule has 0 spiro atoms. The Morgan fingerprint density at radius 2 is 2.03 bits per heavy atom. The van der Waals surface area contributed by atoms with Crippen LogP contribution in [0.2, 0.25) is 0 Å². The van der Waals surface area contributed by atoms with Crippen molar-refractivity contribution in [1.82, 2.24) is 14.3 Å². The second-order valence-electron chi connectivity index (χ2n) is 9.38. The minimum atomic E-state index is -0.542. The molecule has 1 fully saturated rings. The second-order valence-corrected chi connectivity index (χ2v) is 9.38. The van der Waals surface area contributed by atoms with Gasteiger partial charge in [0.15, 0.2) is 0 Å². The van der Waals surface area contributed by atoms with Gasteiger partial charge >= 0.3 is 6.09 Å². The number of likely N-dealkylation sites (tertiary alicyclic amines) is 1. The van der Waals surface area contributed by atoms with Crippen LogP contribution in [0, 0.1) is 11.3 Å². The molecule has 1 amide bonds. The molecule has 34 heavy (non-hydrogen) atoms. The average molecular weight is 469 g/mol. The summed E-state index contributed by atoms with van der Waals surface area (Å²) in [5.74, 6) is 0. The average Bonchev–Trinajstić information content (AvgIpc) is 3.17. The molecule has 0 atom stereocenters. The maximum atomic E-state index is 12.7. The number of hydrogen-bond donors (Lipinski definition) is 3. The number of aliphatic imine (C=N–C) groups is 1. The van der Waals surface area contributed by atoms with Gasteiger partial charge in [-0.15, -0.1) is 0 Å². The van der Waals surface area contributed by atoms with Crippen molar-refractivity contribution in [1.29, 1.82) is 5.26 Å². The molecule has 1 saturated heterocycles. The Morgan fingerprint density at radius 3 is 2.62 bits per heavy atom. The lowest BCUT2D eigenvalue weighted by atomic mass is 9.98. The van der Waals surface area contributed by atoms with Crippen LogP contribution in [0.4, 0.5) is 4.79 Å². The highest BCUT2D eigenvalue weighted by Gasteiger charge is 2.27. The summed E-state index contributed by atoms with van der Waals surface area (Å²) in [4.78, 5) is 34.5. The highest BCUT2D eigenvalue weighted by Crippen LogP contribution is 2.24. The third-order valence-corrected chi connectivity index (χ3v) is 5.59. The van der Waals surface area contributed by atoms with E-state index < -0.39 is 5.60 Å².